The molecule has 1 atom stereocenters. The molecule has 0 bridgehead atoms. The van der Waals surface area contributed by atoms with Crippen molar-refractivity contribution in [1.82, 2.24) is 20.4 Å². The number of aromatic nitrogens is 2. The van der Waals surface area contributed by atoms with Crippen molar-refractivity contribution in [3.05, 3.63) is 46.7 Å². The summed E-state index contributed by atoms with van der Waals surface area (Å²) in [5, 5.41) is 11.0. The molecule has 134 valence electrons. The molecule has 0 spiro atoms. The first-order valence-electron chi connectivity index (χ1n) is 8.57. The van der Waals surface area contributed by atoms with E-state index in [4.69, 9.17) is 0 Å². The summed E-state index contributed by atoms with van der Waals surface area (Å²) in [7, 11) is 3.75. The number of aryl methyl sites for hydroxylation is 1. The van der Waals surface area contributed by atoms with E-state index in [-0.39, 0.29) is 0 Å². The van der Waals surface area contributed by atoms with Gasteiger partial charge in [-0.2, -0.15) is 5.10 Å². The van der Waals surface area contributed by atoms with Crippen molar-refractivity contribution in [1.29, 1.82) is 0 Å². The Morgan fingerprint density at radius 2 is 2.08 bits per heavy atom. The fraction of sp³-hybridized carbons (Fsp3) is 0.444. The molecule has 0 amide bonds. The number of hydrogen-bond donors (Lipinski definition) is 2. The van der Waals surface area contributed by atoms with Crippen LogP contribution >= 0.6 is 15.9 Å². The molecule has 7 heteroatoms. The molecular weight excluding hydrogens is 380 g/mol. The van der Waals surface area contributed by atoms with E-state index in [0.29, 0.717) is 12.5 Å². The summed E-state index contributed by atoms with van der Waals surface area (Å²) < 4.78 is 2.99. The number of nitrogens with zero attached hydrogens (tertiary/aromatic N) is 4. The molecule has 1 aromatic carbocycles. The van der Waals surface area contributed by atoms with E-state index in [1.54, 1.807) is 7.05 Å². The fourth-order valence-electron chi connectivity index (χ4n) is 3.10. The summed E-state index contributed by atoms with van der Waals surface area (Å²) in [6, 6.07) is 10.6. The van der Waals surface area contributed by atoms with Crippen LogP contribution in [-0.2, 0) is 13.6 Å². The molecule has 2 N–H and O–H groups in total. The number of rotatable bonds is 5. The van der Waals surface area contributed by atoms with Crippen LogP contribution < -0.4 is 15.5 Å². The second-order valence-corrected chi connectivity index (χ2v) is 7.25. The van der Waals surface area contributed by atoms with Gasteiger partial charge in [-0.25, -0.2) is 0 Å². The second kappa shape index (κ2) is 8.38. The fourth-order valence-corrected chi connectivity index (χ4v) is 3.36. The Morgan fingerprint density at radius 3 is 2.76 bits per heavy atom. The Morgan fingerprint density at radius 1 is 1.28 bits per heavy atom. The van der Waals surface area contributed by atoms with Gasteiger partial charge in [-0.15, -0.1) is 0 Å². The van der Waals surface area contributed by atoms with Crippen molar-refractivity contribution in [3.8, 4) is 0 Å². The molecule has 0 aliphatic carbocycles. The quantitative estimate of drug-likeness (QED) is 0.593. The van der Waals surface area contributed by atoms with Crippen LogP contribution in [0.25, 0.3) is 0 Å². The molecule has 2 aromatic rings. The third kappa shape index (κ3) is 4.75. The Hall–Kier alpha value is -2.02. The Labute approximate surface area is 157 Å². The van der Waals surface area contributed by atoms with Gasteiger partial charge in [0.2, 0.25) is 0 Å². The highest BCUT2D eigenvalue weighted by Gasteiger charge is 2.22. The van der Waals surface area contributed by atoms with Crippen molar-refractivity contribution in [3.63, 3.8) is 0 Å². The number of aliphatic imine (C=N–C) groups is 1. The van der Waals surface area contributed by atoms with E-state index < -0.39 is 0 Å². The van der Waals surface area contributed by atoms with Gasteiger partial charge in [0.05, 0.1) is 12.2 Å². The lowest BCUT2D eigenvalue weighted by atomic mass is 10.1. The van der Waals surface area contributed by atoms with Gasteiger partial charge in [0.25, 0.3) is 0 Å². The molecule has 0 saturated carbocycles. The number of benzene rings is 1. The van der Waals surface area contributed by atoms with Gasteiger partial charge in [0, 0.05) is 50.1 Å². The number of guanidine groups is 1. The summed E-state index contributed by atoms with van der Waals surface area (Å²) >= 11 is 3.49. The molecular formula is C18H25BrN6. The Kier molecular flexibility index (Phi) is 5.96. The molecule has 1 aliphatic rings. The van der Waals surface area contributed by atoms with Crippen LogP contribution in [0.4, 0.5) is 5.69 Å². The Bertz CT molecular complexity index is 709. The molecule has 1 saturated heterocycles. The van der Waals surface area contributed by atoms with Crippen LogP contribution in [-0.4, -0.2) is 42.4 Å². The molecule has 2 heterocycles. The topological polar surface area (TPSA) is 57.5 Å². The van der Waals surface area contributed by atoms with Crippen LogP contribution in [0.1, 0.15) is 12.1 Å². The normalized spacial score (nSPS) is 17.8. The summed E-state index contributed by atoms with van der Waals surface area (Å²) in [5.74, 6) is 1.46. The zero-order valence-electron chi connectivity index (χ0n) is 14.7. The first-order valence-corrected chi connectivity index (χ1v) is 9.37. The van der Waals surface area contributed by atoms with Gasteiger partial charge >= 0.3 is 0 Å². The second-order valence-electron chi connectivity index (χ2n) is 6.33. The molecule has 1 unspecified atom stereocenters. The predicted molar refractivity (Wildman–Crippen MR) is 106 cm³/mol. The average Bonchev–Trinajstić information content (AvgIpc) is 3.25. The highest BCUT2D eigenvalue weighted by Crippen LogP contribution is 2.24. The lowest BCUT2D eigenvalue weighted by molar-refractivity contribution is 0.564. The van der Waals surface area contributed by atoms with E-state index in [0.717, 1.165) is 35.8 Å². The summed E-state index contributed by atoms with van der Waals surface area (Å²) in [4.78, 5) is 6.76. The number of halogens is 1. The van der Waals surface area contributed by atoms with E-state index >= 15 is 0 Å². The van der Waals surface area contributed by atoms with Gasteiger partial charge in [-0.3, -0.25) is 9.67 Å². The third-order valence-electron chi connectivity index (χ3n) is 4.62. The molecule has 1 aliphatic heterocycles. The van der Waals surface area contributed by atoms with Gasteiger partial charge in [-0.05, 0) is 42.7 Å². The number of anilines is 1. The van der Waals surface area contributed by atoms with E-state index in [1.165, 1.54) is 12.1 Å². The van der Waals surface area contributed by atoms with Crippen LogP contribution in [0.15, 0.2) is 46.0 Å². The molecule has 25 heavy (non-hydrogen) atoms. The average molecular weight is 405 g/mol. The van der Waals surface area contributed by atoms with Crippen LogP contribution in [0.3, 0.4) is 0 Å². The minimum atomic E-state index is 0.624. The van der Waals surface area contributed by atoms with Crippen molar-refractivity contribution >= 4 is 27.6 Å². The van der Waals surface area contributed by atoms with E-state index in [9.17, 15) is 0 Å². The zero-order chi connectivity index (χ0) is 17.6. The predicted octanol–water partition coefficient (Wildman–Crippen LogP) is 2.37. The first-order chi connectivity index (χ1) is 12.2. The maximum Gasteiger partial charge on any atom is 0.191 e. The van der Waals surface area contributed by atoms with Crippen LogP contribution in [0.5, 0.6) is 0 Å². The highest BCUT2D eigenvalue weighted by atomic mass is 79.9. The monoisotopic (exact) mass is 404 g/mol. The number of hydrogen-bond acceptors (Lipinski definition) is 3. The standard InChI is InChI=1S/C18H25BrN6/c1-20-18(22-12-17-7-9-23-24(17)2)21-11-14-8-10-25(13-14)16-5-3-15(19)4-6-16/h3-7,9,14H,8,10-13H2,1-2H3,(H2,20,21,22). The van der Waals surface area contributed by atoms with Crippen molar-refractivity contribution in [2.45, 2.75) is 13.0 Å². The molecule has 3 rings (SSSR count). The number of nitrogens with one attached hydrogen (secondary N) is 2. The summed E-state index contributed by atoms with van der Waals surface area (Å²) in [5.41, 5.74) is 2.43. The maximum atomic E-state index is 4.31. The third-order valence-corrected chi connectivity index (χ3v) is 5.15. The van der Waals surface area contributed by atoms with Gasteiger partial charge in [0.1, 0.15) is 0 Å². The smallest absolute Gasteiger partial charge is 0.191 e. The lowest BCUT2D eigenvalue weighted by Gasteiger charge is -2.19. The van der Waals surface area contributed by atoms with Crippen LogP contribution in [0.2, 0.25) is 0 Å². The lowest BCUT2D eigenvalue weighted by Crippen LogP contribution is -2.40. The highest BCUT2D eigenvalue weighted by molar-refractivity contribution is 9.10. The zero-order valence-corrected chi connectivity index (χ0v) is 16.3. The van der Waals surface area contributed by atoms with Crippen LogP contribution in [0, 0.1) is 5.92 Å². The SMILES string of the molecule is CN=C(NCc1ccnn1C)NCC1CCN(c2ccc(Br)cc2)C1. The maximum absolute atomic E-state index is 4.31. The molecule has 0 radical (unpaired) electrons. The van der Waals surface area contributed by atoms with Crippen molar-refractivity contribution in [2.75, 3.05) is 31.6 Å². The minimum absolute atomic E-state index is 0.624. The summed E-state index contributed by atoms with van der Waals surface area (Å²) in [6.07, 6.45) is 3.00. The molecule has 1 fully saturated rings. The van der Waals surface area contributed by atoms with Gasteiger partial charge < -0.3 is 15.5 Å². The summed E-state index contributed by atoms with van der Waals surface area (Å²) in [6.45, 7) is 3.83. The van der Waals surface area contributed by atoms with Crippen molar-refractivity contribution in [2.24, 2.45) is 18.0 Å². The van der Waals surface area contributed by atoms with Crippen molar-refractivity contribution < 1.29 is 0 Å². The van der Waals surface area contributed by atoms with Gasteiger partial charge in [0.15, 0.2) is 5.96 Å². The molecule has 6 nitrogen and oxygen atoms in total. The first kappa shape index (κ1) is 17.8. The molecule has 1 aromatic heterocycles. The van der Waals surface area contributed by atoms with E-state index in [2.05, 4.69) is 65.8 Å². The largest absolute Gasteiger partial charge is 0.371 e. The van der Waals surface area contributed by atoms with E-state index in [1.807, 2.05) is 24.0 Å². The minimum Gasteiger partial charge on any atom is -0.371 e. The van der Waals surface area contributed by atoms with Gasteiger partial charge in [-0.1, -0.05) is 15.9 Å². The Balaban J connectivity index is 1.45.